The Morgan fingerprint density at radius 1 is 1.50 bits per heavy atom. The summed E-state index contributed by atoms with van der Waals surface area (Å²) >= 11 is 0. The zero-order valence-corrected chi connectivity index (χ0v) is 9.21. The molecule has 0 radical (unpaired) electrons. The highest BCUT2D eigenvalue weighted by molar-refractivity contribution is 4.68. The van der Waals surface area contributed by atoms with Crippen molar-refractivity contribution in [3.05, 3.63) is 12.7 Å². The van der Waals surface area contributed by atoms with Gasteiger partial charge in [0.2, 0.25) is 0 Å². The van der Waals surface area contributed by atoms with Gasteiger partial charge in [-0.2, -0.15) is 0 Å². The van der Waals surface area contributed by atoms with Gasteiger partial charge in [-0.3, -0.25) is 0 Å². The topological polar surface area (TPSA) is 21.8 Å². The summed E-state index contributed by atoms with van der Waals surface area (Å²) in [6.07, 6.45) is 8.92. The molecule has 2 unspecified atom stereocenters. The average molecular weight is 198 g/mol. The molecule has 1 heterocycles. The molecule has 1 saturated heterocycles. The summed E-state index contributed by atoms with van der Waals surface area (Å²) in [6.45, 7) is 7.54. The van der Waals surface area contributed by atoms with Crippen LogP contribution in [0.2, 0.25) is 0 Å². The van der Waals surface area contributed by atoms with Crippen LogP contribution in [0.1, 0.15) is 39.0 Å². The van der Waals surface area contributed by atoms with Gasteiger partial charge < -0.3 is 9.47 Å². The maximum atomic E-state index is 5.63. The van der Waals surface area contributed by atoms with Crippen LogP contribution in [0.3, 0.4) is 0 Å². The minimum Gasteiger partial charge on any atom is -0.376 e. The molecule has 2 nitrogen and oxygen atoms in total. The zero-order chi connectivity index (χ0) is 10.2. The van der Waals surface area contributed by atoms with Crippen LogP contribution in [0.25, 0.3) is 0 Å². The van der Waals surface area contributed by atoms with Crippen molar-refractivity contribution in [3.63, 3.8) is 0 Å². The van der Waals surface area contributed by atoms with Gasteiger partial charge >= 0.3 is 0 Å². The molecule has 0 aromatic heterocycles. The van der Waals surface area contributed by atoms with Crippen molar-refractivity contribution < 1.29 is 9.47 Å². The Hall–Kier alpha value is -0.340. The highest BCUT2D eigenvalue weighted by atomic mass is 16.6. The van der Waals surface area contributed by atoms with Crippen molar-refractivity contribution >= 4 is 0 Å². The van der Waals surface area contributed by atoms with Gasteiger partial charge in [-0.25, -0.2) is 0 Å². The fourth-order valence-electron chi connectivity index (χ4n) is 1.42. The van der Waals surface area contributed by atoms with Gasteiger partial charge in [0.25, 0.3) is 0 Å². The highest BCUT2D eigenvalue weighted by Gasteiger charge is 2.23. The molecule has 1 fully saturated rings. The van der Waals surface area contributed by atoms with Crippen LogP contribution in [-0.2, 0) is 9.47 Å². The Kier molecular flexibility index (Phi) is 5.88. The van der Waals surface area contributed by atoms with Crippen LogP contribution < -0.4 is 0 Å². The Bertz CT molecular complexity index is 152. The second-order valence-electron chi connectivity index (χ2n) is 4.03. The molecule has 0 bridgehead atoms. The summed E-state index contributed by atoms with van der Waals surface area (Å²) < 4.78 is 10.7. The van der Waals surface area contributed by atoms with Crippen LogP contribution in [0.15, 0.2) is 12.7 Å². The first-order chi connectivity index (χ1) is 6.83. The third-order valence-electron chi connectivity index (χ3n) is 2.49. The number of allylic oxidation sites excluding steroid dienone is 1. The van der Waals surface area contributed by atoms with E-state index >= 15 is 0 Å². The SMILES string of the molecule is C=CCCCCCC(C)OCC1CO1. The molecular formula is C12H22O2. The van der Waals surface area contributed by atoms with Crippen LogP contribution in [-0.4, -0.2) is 25.4 Å². The predicted molar refractivity (Wildman–Crippen MR) is 58.4 cm³/mol. The van der Waals surface area contributed by atoms with Crippen LogP contribution in [0.4, 0.5) is 0 Å². The molecule has 1 aliphatic rings. The van der Waals surface area contributed by atoms with Crippen LogP contribution >= 0.6 is 0 Å². The zero-order valence-electron chi connectivity index (χ0n) is 9.21. The van der Waals surface area contributed by atoms with Crippen molar-refractivity contribution in [2.24, 2.45) is 0 Å². The second-order valence-corrected chi connectivity index (χ2v) is 4.03. The van der Waals surface area contributed by atoms with E-state index in [4.69, 9.17) is 9.47 Å². The lowest BCUT2D eigenvalue weighted by Gasteiger charge is -2.11. The maximum absolute atomic E-state index is 5.63. The Labute approximate surface area is 87.3 Å². The van der Waals surface area contributed by atoms with Crippen molar-refractivity contribution in [1.82, 2.24) is 0 Å². The second kappa shape index (κ2) is 7.02. The van der Waals surface area contributed by atoms with Gasteiger partial charge in [0.1, 0.15) is 6.10 Å². The van der Waals surface area contributed by atoms with Gasteiger partial charge in [-0.1, -0.05) is 18.9 Å². The van der Waals surface area contributed by atoms with E-state index in [2.05, 4.69) is 13.5 Å². The molecule has 14 heavy (non-hydrogen) atoms. The van der Waals surface area contributed by atoms with E-state index in [0.29, 0.717) is 12.2 Å². The van der Waals surface area contributed by atoms with E-state index in [1.165, 1.54) is 25.7 Å². The van der Waals surface area contributed by atoms with E-state index in [-0.39, 0.29) is 0 Å². The molecule has 0 spiro atoms. The molecule has 0 aliphatic carbocycles. The molecule has 0 aromatic rings. The van der Waals surface area contributed by atoms with Gasteiger partial charge in [-0.05, 0) is 26.2 Å². The lowest BCUT2D eigenvalue weighted by atomic mass is 10.1. The third-order valence-corrected chi connectivity index (χ3v) is 2.49. The van der Waals surface area contributed by atoms with Gasteiger partial charge in [0.05, 0.1) is 19.3 Å². The highest BCUT2D eigenvalue weighted by Crippen LogP contribution is 2.13. The van der Waals surface area contributed by atoms with Crippen molar-refractivity contribution in [2.75, 3.05) is 13.2 Å². The number of hydrogen-bond acceptors (Lipinski definition) is 2. The first-order valence-corrected chi connectivity index (χ1v) is 5.67. The monoisotopic (exact) mass is 198 g/mol. The summed E-state index contributed by atoms with van der Waals surface area (Å²) in [5, 5.41) is 0. The summed E-state index contributed by atoms with van der Waals surface area (Å²) in [5.41, 5.74) is 0. The first-order valence-electron chi connectivity index (χ1n) is 5.67. The molecule has 82 valence electrons. The quantitative estimate of drug-likeness (QED) is 0.323. The summed E-state index contributed by atoms with van der Waals surface area (Å²) in [7, 11) is 0. The van der Waals surface area contributed by atoms with Crippen molar-refractivity contribution in [3.8, 4) is 0 Å². The van der Waals surface area contributed by atoms with E-state index in [1.54, 1.807) is 0 Å². The number of epoxide rings is 1. The number of unbranched alkanes of at least 4 members (excludes halogenated alkanes) is 3. The minimum atomic E-state index is 0.392. The number of rotatable bonds is 9. The van der Waals surface area contributed by atoms with Gasteiger partial charge in [0, 0.05) is 0 Å². The van der Waals surface area contributed by atoms with Crippen molar-refractivity contribution in [2.45, 2.75) is 51.2 Å². The van der Waals surface area contributed by atoms with Crippen molar-refractivity contribution in [1.29, 1.82) is 0 Å². The lowest BCUT2D eigenvalue weighted by Crippen LogP contribution is -2.12. The van der Waals surface area contributed by atoms with E-state index < -0.39 is 0 Å². The summed E-state index contributed by atoms with van der Waals surface area (Å²) in [6, 6.07) is 0. The molecule has 2 atom stereocenters. The Balaban J connectivity index is 1.81. The molecule has 1 aliphatic heterocycles. The summed E-state index contributed by atoms with van der Waals surface area (Å²) in [5.74, 6) is 0. The van der Waals surface area contributed by atoms with Crippen LogP contribution in [0.5, 0.6) is 0 Å². The first kappa shape index (κ1) is 11.7. The molecule has 1 rings (SSSR count). The number of ether oxygens (including phenoxy) is 2. The van der Waals surface area contributed by atoms with E-state index in [0.717, 1.165) is 19.6 Å². The lowest BCUT2D eigenvalue weighted by molar-refractivity contribution is 0.0476. The van der Waals surface area contributed by atoms with E-state index in [1.807, 2.05) is 6.08 Å². The number of hydrogen-bond donors (Lipinski definition) is 0. The largest absolute Gasteiger partial charge is 0.376 e. The maximum Gasteiger partial charge on any atom is 0.104 e. The predicted octanol–water partition coefficient (Wildman–Crippen LogP) is 2.93. The normalized spacial score (nSPS) is 21.9. The molecule has 0 amide bonds. The average Bonchev–Trinajstić information content (AvgIpc) is 2.98. The third kappa shape index (κ3) is 6.17. The molecular weight excluding hydrogens is 176 g/mol. The molecule has 0 N–H and O–H groups in total. The fraction of sp³-hybridized carbons (Fsp3) is 0.833. The minimum absolute atomic E-state index is 0.392. The fourth-order valence-corrected chi connectivity index (χ4v) is 1.42. The van der Waals surface area contributed by atoms with E-state index in [9.17, 15) is 0 Å². The smallest absolute Gasteiger partial charge is 0.104 e. The Morgan fingerprint density at radius 3 is 2.93 bits per heavy atom. The molecule has 2 heteroatoms. The van der Waals surface area contributed by atoms with Crippen LogP contribution in [0, 0.1) is 0 Å². The Morgan fingerprint density at radius 2 is 2.29 bits per heavy atom. The standard InChI is InChI=1S/C12H22O2/c1-3-4-5-6-7-8-11(2)13-9-12-10-14-12/h3,11-12H,1,4-10H2,2H3. The van der Waals surface area contributed by atoms with Gasteiger partial charge in [0.15, 0.2) is 0 Å². The molecule has 0 aromatic carbocycles. The summed E-state index contributed by atoms with van der Waals surface area (Å²) in [4.78, 5) is 0. The van der Waals surface area contributed by atoms with Gasteiger partial charge in [-0.15, -0.1) is 6.58 Å². The molecule has 0 saturated carbocycles.